The summed E-state index contributed by atoms with van der Waals surface area (Å²) in [5.41, 5.74) is 1.09. The summed E-state index contributed by atoms with van der Waals surface area (Å²) in [7, 11) is 1.79. The molecule has 116 valence electrons. The number of carbonyl (C=O) groups is 2. The Bertz CT molecular complexity index is 571. The molecule has 1 aromatic heterocycles. The van der Waals surface area contributed by atoms with E-state index in [0.717, 1.165) is 5.69 Å². The number of hydrogen-bond donors (Lipinski definition) is 1. The fraction of sp³-hybridized carbons (Fsp3) is 0.667. The summed E-state index contributed by atoms with van der Waals surface area (Å²) in [6, 6.07) is 0. The molecule has 1 N–H and O–H groups in total. The van der Waals surface area contributed by atoms with Crippen LogP contribution in [-0.4, -0.2) is 44.8 Å². The van der Waals surface area contributed by atoms with Crippen LogP contribution in [0.1, 0.15) is 43.7 Å². The van der Waals surface area contributed by atoms with Crippen molar-refractivity contribution >= 4 is 11.9 Å². The summed E-state index contributed by atoms with van der Waals surface area (Å²) in [5.74, 6) is -1.46. The first-order valence-electron chi connectivity index (χ1n) is 7.17. The van der Waals surface area contributed by atoms with Crippen LogP contribution in [0.15, 0.2) is 6.20 Å². The molecule has 1 saturated heterocycles. The molecule has 1 aliphatic rings. The number of likely N-dealkylation sites (tertiary alicyclic amines) is 1. The first-order valence-corrected chi connectivity index (χ1v) is 7.17. The number of carboxylic acid groups (broad SMARTS) is 1. The summed E-state index contributed by atoms with van der Waals surface area (Å²) < 4.78 is 1.64. The van der Waals surface area contributed by atoms with E-state index in [2.05, 4.69) is 5.10 Å². The molecule has 6 nitrogen and oxygen atoms in total. The molecule has 2 atom stereocenters. The zero-order valence-corrected chi connectivity index (χ0v) is 13.3. The Labute approximate surface area is 124 Å². The lowest BCUT2D eigenvalue weighted by Crippen LogP contribution is -2.31. The van der Waals surface area contributed by atoms with Crippen LogP contribution in [0.25, 0.3) is 0 Å². The summed E-state index contributed by atoms with van der Waals surface area (Å²) in [6.45, 7) is 8.67. The second kappa shape index (κ2) is 5.16. The molecule has 0 unspecified atom stereocenters. The lowest BCUT2D eigenvalue weighted by Gasteiger charge is -2.20. The topological polar surface area (TPSA) is 75.4 Å². The molecule has 1 aromatic rings. The number of amides is 1. The maximum absolute atomic E-state index is 12.7. The van der Waals surface area contributed by atoms with Crippen molar-refractivity contribution in [2.75, 3.05) is 13.1 Å². The average molecular weight is 293 g/mol. The van der Waals surface area contributed by atoms with E-state index in [1.54, 1.807) is 22.8 Å². The number of aryl methyl sites for hydroxylation is 1. The Balaban J connectivity index is 2.28. The van der Waals surface area contributed by atoms with Gasteiger partial charge in [-0.15, -0.1) is 0 Å². The van der Waals surface area contributed by atoms with Crippen molar-refractivity contribution in [1.29, 1.82) is 0 Å². The Morgan fingerprint density at radius 2 is 1.95 bits per heavy atom. The van der Waals surface area contributed by atoms with E-state index in [1.165, 1.54) is 0 Å². The van der Waals surface area contributed by atoms with Crippen molar-refractivity contribution in [1.82, 2.24) is 14.7 Å². The van der Waals surface area contributed by atoms with E-state index in [-0.39, 0.29) is 23.8 Å². The van der Waals surface area contributed by atoms with Crippen LogP contribution in [0.4, 0.5) is 0 Å². The van der Waals surface area contributed by atoms with Gasteiger partial charge in [0.15, 0.2) is 0 Å². The Kier molecular flexibility index (Phi) is 3.82. The van der Waals surface area contributed by atoms with Gasteiger partial charge in [-0.05, 0) is 5.92 Å². The zero-order chi connectivity index (χ0) is 15.9. The number of hydrogen-bond acceptors (Lipinski definition) is 3. The zero-order valence-electron chi connectivity index (χ0n) is 13.3. The van der Waals surface area contributed by atoms with Gasteiger partial charge in [0.1, 0.15) is 0 Å². The van der Waals surface area contributed by atoms with Crippen molar-refractivity contribution < 1.29 is 14.7 Å². The predicted octanol–water partition coefficient (Wildman–Crippen LogP) is 1.51. The molecule has 0 radical (unpaired) electrons. The third-order valence-corrected chi connectivity index (χ3v) is 3.99. The Morgan fingerprint density at radius 1 is 1.33 bits per heavy atom. The molecule has 0 aliphatic carbocycles. The normalized spacial score (nSPS) is 22.6. The molecule has 1 aliphatic heterocycles. The van der Waals surface area contributed by atoms with Gasteiger partial charge in [0.05, 0.1) is 17.2 Å². The highest BCUT2D eigenvalue weighted by Gasteiger charge is 2.38. The Hall–Kier alpha value is -1.85. The molecule has 0 bridgehead atoms. The molecule has 21 heavy (non-hydrogen) atoms. The van der Waals surface area contributed by atoms with Gasteiger partial charge < -0.3 is 10.0 Å². The second-order valence-electron chi connectivity index (χ2n) is 6.95. The molecule has 0 spiro atoms. The van der Waals surface area contributed by atoms with Gasteiger partial charge in [0.2, 0.25) is 0 Å². The molecular weight excluding hydrogens is 270 g/mol. The van der Waals surface area contributed by atoms with E-state index in [9.17, 15) is 14.7 Å². The highest BCUT2D eigenvalue weighted by atomic mass is 16.4. The first-order chi connectivity index (χ1) is 9.61. The fourth-order valence-electron chi connectivity index (χ4n) is 2.82. The van der Waals surface area contributed by atoms with Crippen molar-refractivity contribution in [3.05, 3.63) is 17.5 Å². The van der Waals surface area contributed by atoms with Crippen molar-refractivity contribution in [3.8, 4) is 0 Å². The van der Waals surface area contributed by atoms with Gasteiger partial charge in [-0.3, -0.25) is 14.3 Å². The predicted molar refractivity (Wildman–Crippen MR) is 78.1 cm³/mol. The van der Waals surface area contributed by atoms with Crippen LogP contribution in [0.3, 0.4) is 0 Å². The SMILES string of the molecule is C[C@@H]1CN(C(=O)c2cn(C)nc2C(C)(C)C)C[C@H]1C(=O)O. The first kappa shape index (κ1) is 15.5. The summed E-state index contributed by atoms with van der Waals surface area (Å²) in [6.07, 6.45) is 1.72. The summed E-state index contributed by atoms with van der Waals surface area (Å²) >= 11 is 0. The van der Waals surface area contributed by atoms with Gasteiger partial charge in [-0.2, -0.15) is 5.10 Å². The van der Waals surface area contributed by atoms with Crippen molar-refractivity contribution in [2.45, 2.75) is 33.1 Å². The second-order valence-corrected chi connectivity index (χ2v) is 6.95. The third kappa shape index (κ3) is 2.94. The number of aromatic nitrogens is 2. The lowest BCUT2D eigenvalue weighted by molar-refractivity contribution is -0.142. The van der Waals surface area contributed by atoms with Gasteiger partial charge >= 0.3 is 5.97 Å². The van der Waals surface area contributed by atoms with Crippen LogP contribution in [-0.2, 0) is 17.3 Å². The van der Waals surface area contributed by atoms with Crippen LogP contribution < -0.4 is 0 Å². The molecule has 2 heterocycles. The van der Waals surface area contributed by atoms with Crippen LogP contribution in [0.5, 0.6) is 0 Å². The van der Waals surface area contributed by atoms with Gasteiger partial charge in [0.25, 0.3) is 5.91 Å². The molecule has 1 fully saturated rings. The maximum atomic E-state index is 12.7. The van der Waals surface area contributed by atoms with E-state index in [0.29, 0.717) is 12.1 Å². The monoisotopic (exact) mass is 293 g/mol. The van der Waals surface area contributed by atoms with E-state index < -0.39 is 11.9 Å². The lowest BCUT2D eigenvalue weighted by atomic mass is 9.89. The fourth-order valence-corrected chi connectivity index (χ4v) is 2.82. The Morgan fingerprint density at radius 3 is 2.43 bits per heavy atom. The van der Waals surface area contributed by atoms with Crippen LogP contribution >= 0.6 is 0 Å². The highest BCUT2D eigenvalue weighted by molar-refractivity contribution is 5.96. The standard InChI is InChI=1S/C15H23N3O3/c1-9-6-18(8-10(9)14(20)21)13(19)11-7-17(5)16-12(11)15(2,3)4/h7,9-10H,6,8H2,1-5H3,(H,20,21)/t9-,10-/m1/s1. The average Bonchev–Trinajstić information content (AvgIpc) is 2.91. The van der Waals surface area contributed by atoms with Gasteiger partial charge in [-0.1, -0.05) is 27.7 Å². The van der Waals surface area contributed by atoms with Crippen molar-refractivity contribution in [2.24, 2.45) is 18.9 Å². The number of carboxylic acids is 1. The van der Waals surface area contributed by atoms with E-state index in [4.69, 9.17) is 0 Å². The minimum Gasteiger partial charge on any atom is -0.481 e. The largest absolute Gasteiger partial charge is 0.481 e. The van der Waals surface area contributed by atoms with Crippen LogP contribution in [0.2, 0.25) is 0 Å². The smallest absolute Gasteiger partial charge is 0.308 e. The molecule has 6 heteroatoms. The summed E-state index contributed by atoms with van der Waals surface area (Å²) in [5, 5.41) is 13.6. The minimum absolute atomic E-state index is 0.0267. The number of aliphatic carboxylic acids is 1. The third-order valence-electron chi connectivity index (χ3n) is 3.99. The molecule has 1 amide bonds. The van der Waals surface area contributed by atoms with E-state index in [1.807, 2.05) is 27.7 Å². The number of carbonyl (C=O) groups excluding carboxylic acids is 1. The highest BCUT2D eigenvalue weighted by Crippen LogP contribution is 2.29. The van der Waals surface area contributed by atoms with Gasteiger partial charge in [0, 0.05) is 31.7 Å². The van der Waals surface area contributed by atoms with Crippen molar-refractivity contribution in [3.63, 3.8) is 0 Å². The molecule has 0 aromatic carbocycles. The number of rotatable bonds is 2. The van der Waals surface area contributed by atoms with Crippen LogP contribution in [0, 0.1) is 11.8 Å². The van der Waals surface area contributed by atoms with E-state index >= 15 is 0 Å². The molecular formula is C15H23N3O3. The summed E-state index contributed by atoms with van der Waals surface area (Å²) in [4.78, 5) is 25.5. The maximum Gasteiger partial charge on any atom is 0.308 e. The molecule has 2 rings (SSSR count). The number of nitrogens with zero attached hydrogens (tertiary/aromatic N) is 3. The quantitative estimate of drug-likeness (QED) is 0.897. The minimum atomic E-state index is -0.833. The molecule has 0 saturated carbocycles. The van der Waals surface area contributed by atoms with Gasteiger partial charge in [-0.25, -0.2) is 0 Å².